The van der Waals surface area contributed by atoms with Crippen LogP contribution in [0.4, 0.5) is 0 Å². The van der Waals surface area contributed by atoms with E-state index in [4.69, 9.17) is 11.1 Å². The summed E-state index contributed by atoms with van der Waals surface area (Å²) in [6.45, 7) is 17.7. The maximum Gasteiger partial charge on any atom is 0.0771 e. The number of rotatable bonds is 12. The highest BCUT2D eigenvalue weighted by molar-refractivity contribution is 6.35. The molecule has 7 heteroatoms. The molecule has 7 nitrogen and oxygen atoms in total. The SMILES string of the molecule is C=C(C)N1CCN(C(=C)/C(N)=C/C(C=N)=NCCCCNC2CCC(n3c#cc4c(C)cccc43)CC2)CC1. The standard InChI is InChI=1S/C32H45N7/c1-24(2)37-18-20-38(21-19-37)26(4)31(34)22-28(23-33)36-16-6-5-15-35-27-10-12-29(13-11-27)39-17-14-30-25(3)8-7-9-32(30)39/h7-9,22-23,27,29,33,35H,1,4-6,10-13,15-16,18-21,34H2,2-3H3/b31-22-,33-23?,36-28?. The third kappa shape index (κ3) is 7.33. The Bertz CT molecular complexity index is 1200. The van der Waals surface area contributed by atoms with Gasteiger partial charge in [-0.1, -0.05) is 25.3 Å². The lowest BCUT2D eigenvalue weighted by molar-refractivity contribution is 0.195. The largest absolute Gasteiger partial charge is 0.397 e. The van der Waals surface area contributed by atoms with Crippen molar-refractivity contribution in [2.24, 2.45) is 10.7 Å². The van der Waals surface area contributed by atoms with E-state index in [2.05, 4.69) is 75.2 Å². The molecule has 4 N–H and O–H groups in total. The van der Waals surface area contributed by atoms with Crippen molar-refractivity contribution >= 4 is 22.8 Å². The summed E-state index contributed by atoms with van der Waals surface area (Å²) in [5.41, 5.74) is 11.9. The van der Waals surface area contributed by atoms with Crippen LogP contribution in [-0.4, -0.2) is 71.6 Å². The van der Waals surface area contributed by atoms with Gasteiger partial charge < -0.3 is 26.3 Å². The van der Waals surface area contributed by atoms with Crippen molar-refractivity contribution < 1.29 is 0 Å². The van der Waals surface area contributed by atoms with E-state index in [1.165, 1.54) is 48.4 Å². The molecule has 0 unspecified atom stereocenters. The molecule has 0 atom stereocenters. The van der Waals surface area contributed by atoms with E-state index in [0.29, 0.717) is 30.0 Å². The summed E-state index contributed by atoms with van der Waals surface area (Å²) in [5.74, 6) is 0. The minimum Gasteiger partial charge on any atom is -0.397 e. The molecule has 0 radical (unpaired) electrons. The third-order valence-electron chi connectivity index (χ3n) is 8.17. The average molecular weight is 528 g/mol. The van der Waals surface area contributed by atoms with Crippen LogP contribution in [0.25, 0.3) is 10.9 Å². The Labute approximate surface area is 234 Å². The van der Waals surface area contributed by atoms with Gasteiger partial charge in [-0.15, -0.1) is 0 Å². The number of aromatic nitrogens is 1. The van der Waals surface area contributed by atoms with Gasteiger partial charge in [0.25, 0.3) is 0 Å². The predicted octanol–water partition coefficient (Wildman–Crippen LogP) is 5.00. The number of allylic oxidation sites excluding steroid dienone is 2. The zero-order valence-corrected chi connectivity index (χ0v) is 23.8. The van der Waals surface area contributed by atoms with Crippen LogP contribution in [0.2, 0.25) is 0 Å². The van der Waals surface area contributed by atoms with Crippen LogP contribution in [0.1, 0.15) is 57.1 Å². The first kappa shape index (κ1) is 28.5. The maximum atomic E-state index is 7.75. The Kier molecular flexibility index (Phi) is 9.89. The number of unbranched alkanes of at least 4 members (excludes halogenated alkanes) is 1. The Morgan fingerprint density at radius 3 is 2.54 bits per heavy atom. The summed E-state index contributed by atoms with van der Waals surface area (Å²) >= 11 is 0. The van der Waals surface area contributed by atoms with Crippen molar-refractivity contribution in [3.63, 3.8) is 0 Å². The Morgan fingerprint density at radius 1 is 1.13 bits per heavy atom. The number of aryl methyl sites for hydroxylation is 1. The molecule has 2 heterocycles. The zero-order valence-electron chi connectivity index (χ0n) is 23.8. The monoisotopic (exact) mass is 527 g/mol. The van der Waals surface area contributed by atoms with Gasteiger partial charge in [0.05, 0.1) is 28.0 Å². The van der Waals surface area contributed by atoms with Crippen molar-refractivity contribution in [2.45, 2.75) is 64.5 Å². The second-order valence-electron chi connectivity index (χ2n) is 10.9. The van der Waals surface area contributed by atoms with Gasteiger partial charge in [0.2, 0.25) is 0 Å². The number of nitrogens with two attached hydrogens (primary N) is 1. The molecule has 2 aromatic rings. The second kappa shape index (κ2) is 13.5. The smallest absolute Gasteiger partial charge is 0.0771 e. The molecular formula is C32H45N7. The lowest BCUT2D eigenvalue weighted by Gasteiger charge is -2.38. The number of nitrogens with zero attached hydrogens (tertiary/aromatic N) is 4. The van der Waals surface area contributed by atoms with Gasteiger partial charge in [-0.05, 0) is 82.7 Å². The predicted molar refractivity (Wildman–Crippen MR) is 163 cm³/mol. The van der Waals surface area contributed by atoms with Gasteiger partial charge in [0.15, 0.2) is 0 Å². The molecule has 1 aliphatic heterocycles. The highest BCUT2D eigenvalue weighted by Gasteiger charge is 2.23. The van der Waals surface area contributed by atoms with E-state index >= 15 is 0 Å². The molecule has 0 spiro atoms. The molecule has 1 aromatic heterocycles. The number of hydrogen-bond donors (Lipinski definition) is 3. The summed E-state index contributed by atoms with van der Waals surface area (Å²) in [5, 5.41) is 12.7. The van der Waals surface area contributed by atoms with E-state index in [9.17, 15) is 0 Å². The highest BCUT2D eigenvalue weighted by atomic mass is 15.3. The number of aliphatic imine (C=N–C) groups is 1. The molecule has 1 aromatic carbocycles. The molecule has 0 amide bonds. The van der Waals surface area contributed by atoms with Crippen LogP contribution in [0.3, 0.4) is 0 Å². The van der Waals surface area contributed by atoms with Gasteiger partial charge in [0.1, 0.15) is 0 Å². The lowest BCUT2D eigenvalue weighted by Crippen LogP contribution is -2.45. The highest BCUT2D eigenvalue weighted by Crippen LogP contribution is 2.31. The van der Waals surface area contributed by atoms with Crippen LogP contribution in [0.5, 0.6) is 0 Å². The lowest BCUT2D eigenvalue weighted by atomic mass is 9.90. The fraction of sp³-hybridized carbons (Fsp3) is 0.500. The molecule has 1 saturated carbocycles. The van der Waals surface area contributed by atoms with Crippen molar-refractivity contribution in [1.29, 1.82) is 5.41 Å². The second-order valence-corrected chi connectivity index (χ2v) is 10.9. The Hall–Kier alpha value is -3.50. The molecule has 2 aliphatic rings. The summed E-state index contributed by atoms with van der Waals surface area (Å²) in [7, 11) is 0. The minimum absolute atomic E-state index is 0.519. The van der Waals surface area contributed by atoms with Crippen molar-refractivity contribution in [3.8, 4) is 0 Å². The molecule has 208 valence electrons. The van der Waals surface area contributed by atoms with Gasteiger partial charge in [-0.25, -0.2) is 0 Å². The topological polar surface area (TPSA) is 85.7 Å². The van der Waals surface area contributed by atoms with E-state index < -0.39 is 0 Å². The summed E-state index contributed by atoms with van der Waals surface area (Å²) in [6.07, 6.45) is 13.2. The van der Waals surface area contributed by atoms with Crippen LogP contribution in [0.15, 0.2) is 59.5 Å². The first-order chi connectivity index (χ1) is 18.9. The van der Waals surface area contributed by atoms with Gasteiger partial charge in [-0.3, -0.25) is 9.56 Å². The van der Waals surface area contributed by atoms with Crippen LogP contribution in [-0.2, 0) is 0 Å². The van der Waals surface area contributed by atoms with Gasteiger partial charge >= 0.3 is 0 Å². The molecule has 1 aliphatic carbocycles. The number of fused-ring (bicyclic) bond motifs is 1. The molecule has 1 saturated heterocycles. The van der Waals surface area contributed by atoms with Crippen molar-refractivity contribution in [3.05, 3.63) is 72.4 Å². The molecular weight excluding hydrogens is 482 g/mol. The number of benzene rings is 1. The molecule has 39 heavy (non-hydrogen) atoms. The normalized spacial score (nSPS) is 20.7. The third-order valence-corrected chi connectivity index (χ3v) is 8.17. The summed E-state index contributed by atoms with van der Waals surface area (Å²) in [6, 6.07) is 10.9. The first-order valence-electron chi connectivity index (χ1n) is 14.4. The van der Waals surface area contributed by atoms with Crippen molar-refractivity contribution in [2.75, 3.05) is 39.3 Å². The van der Waals surface area contributed by atoms with Crippen LogP contribution < -0.4 is 11.1 Å². The van der Waals surface area contributed by atoms with E-state index in [1.807, 2.05) is 6.92 Å². The molecule has 0 bridgehead atoms. The number of piperazine rings is 1. The maximum absolute atomic E-state index is 7.75. The average Bonchev–Trinajstić information content (AvgIpc) is 3.39. The fourth-order valence-electron chi connectivity index (χ4n) is 5.69. The van der Waals surface area contributed by atoms with Crippen LogP contribution in [0, 0.1) is 24.6 Å². The Balaban J connectivity index is 1.14. The number of hydrogen-bond acceptors (Lipinski definition) is 6. The van der Waals surface area contributed by atoms with Gasteiger partial charge in [-0.2, -0.15) is 0 Å². The van der Waals surface area contributed by atoms with Gasteiger partial charge in [0, 0.05) is 62.9 Å². The quantitative estimate of drug-likeness (QED) is 0.206. The first-order valence-corrected chi connectivity index (χ1v) is 14.4. The summed E-state index contributed by atoms with van der Waals surface area (Å²) < 4.78 is 2.32. The number of nitrogens with one attached hydrogen (secondary N) is 2. The summed E-state index contributed by atoms with van der Waals surface area (Å²) in [4.78, 5) is 9.07. The molecule has 2 fully saturated rings. The van der Waals surface area contributed by atoms with E-state index in [-0.39, 0.29) is 0 Å². The fourth-order valence-corrected chi connectivity index (χ4v) is 5.69. The van der Waals surface area contributed by atoms with E-state index in [1.54, 1.807) is 6.08 Å². The molecule has 4 rings (SSSR count). The van der Waals surface area contributed by atoms with Crippen molar-refractivity contribution in [1.82, 2.24) is 19.7 Å². The van der Waals surface area contributed by atoms with Crippen LogP contribution >= 0.6 is 0 Å². The minimum atomic E-state index is 0.519. The zero-order chi connectivity index (χ0) is 27.8. The Morgan fingerprint density at radius 2 is 1.85 bits per heavy atom. The van der Waals surface area contributed by atoms with E-state index in [0.717, 1.165) is 57.0 Å².